The molecule has 1 aliphatic rings. The highest BCUT2D eigenvalue weighted by Crippen LogP contribution is 2.30. The van der Waals surface area contributed by atoms with Crippen molar-refractivity contribution in [3.63, 3.8) is 0 Å². The maximum Gasteiger partial charge on any atom is 0.122 e. The van der Waals surface area contributed by atoms with Crippen molar-refractivity contribution in [2.45, 2.75) is 39.2 Å². The highest BCUT2D eigenvalue weighted by Gasteiger charge is 2.25. The van der Waals surface area contributed by atoms with Gasteiger partial charge in [-0.25, -0.2) is 0 Å². The maximum absolute atomic E-state index is 6.17. The van der Waals surface area contributed by atoms with Gasteiger partial charge in [0, 0.05) is 11.6 Å². The highest BCUT2D eigenvalue weighted by molar-refractivity contribution is 5.59. The number of benzene rings is 2. The average Bonchev–Trinajstić information content (AvgIpc) is 2.72. The lowest BCUT2D eigenvalue weighted by Crippen LogP contribution is -2.37. The Balaban J connectivity index is 1.51. The van der Waals surface area contributed by atoms with E-state index in [1.165, 1.54) is 30.4 Å². The minimum absolute atomic E-state index is 0.550. The quantitative estimate of drug-likeness (QED) is 0.575. The van der Waals surface area contributed by atoms with Crippen LogP contribution < -0.4 is 0 Å². The van der Waals surface area contributed by atoms with Crippen LogP contribution in [0.15, 0.2) is 66.7 Å². The third-order valence-corrected chi connectivity index (χ3v) is 5.46. The zero-order valence-electron chi connectivity index (χ0n) is 16.1. The van der Waals surface area contributed by atoms with Crippen molar-refractivity contribution >= 4 is 5.76 Å². The van der Waals surface area contributed by atoms with Crippen molar-refractivity contribution in [3.8, 4) is 0 Å². The fourth-order valence-corrected chi connectivity index (χ4v) is 3.95. The van der Waals surface area contributed by atoms with Crippen LogP contribution in [0.5, 0.6) is 0 Å². The number of piperidine rings is 1. The summed E-state index contributed by atoms with van der Waals surface area (Å²) in [7, 11) is 0. The number of rotatable bonds is 7. The molecule has 0 amide bonds. The number of likely N-dealkylation sites (tertiary alicyclic amines) is 1. The molecule has 3 rings (SSSR count). The normalized spacial score (nSPS) is 17.8. The van der Waals surface area contributed by atoms with Crippen molar-refractivity contribution < 1.29 is 4.74 Å². The second-order valence-electron chi connectivity index (χ2n) is 7.14. The van der Waals surface area contributed by atoms with Crippen LogP contribution in [0.1, 0.15) is 50.3 Å². The molecule has 1 aliphatic heterocycles. The molecule has 1 unspecified atom stereocenters. The monoisotopic (exact) mass is 349 g/mol. The van der Waals surface area contributed by atoms with Gasteiger partial charge in [0.1, 0.15) is 5.76 Å². The molecular weight excluding hydrogens is 318 g/mol. The molecule has 2 heteroatoms. The fourth-order valence-electron chi connectivity index (χ4n) is 3.95. The van der Waals surface area contributed by atoms with E-state index in [4.69, 9.17) is 4.74 Å². The minimum Gasteiger partial charge on any atom is -0.493 e. The lowest BCUT2D eigenvalue weighted by atomic mass is 9.94. The third-order valence-electron chi connectivity index (χ3n) is 5.46. The standard InChI is InChI=1S/C24H31NO/c1-3-23(21-11-7-5-8-12-21)25-17-15-20(16-18-25)19-26-24(4-2)22-13-9-6-10-14-22/h4-14,20,23H,3,15-19H2,1-2H3. The van der Waals surface area contributed by atoms with E-state index in [0.29, 0.717) is 12.0 Å². The van der Waals surface area contributed by atoms with Crippen LogP contribution in [-0.4, -0.2) is 24.6 Å². The van der Waals surface area contributed by atoms with Gasteiger partial charge in [-0.2, -0.15) is 0 Å². The van der Waals surface area contributed by atoms with E-state index in [9.17, 15) is 0 Å². The largest absolute Gasteiger partial charge is 0.493 e. The summed E-state index contributed by atoms with van der Waals surface area (Å²) in [5.74, 6) is 1.65. The summed E-state index contributed by atoms with van der Waals surface area (Å²) in [4.78, 5) is 2.65. The second-order valence-corrected chi connectivity index (χ2v) is 7.14. The van der Waals surface area contributed by atoms with Crippen LogP contribution in [-0.2, 0) is 4.74 Å². The first-order valence-electron chi connectivity index (χ1n) is 9.95. The first-order chi connectivity index (χ1) is 12.8. The number of allylic oxidation sites excluding steroid dienone is 1. The van der Waals surface area contributed by atoms with Crippen LogP contribution in [0.25, 0.3) is 5.76 Å². The summed E-state index contributed by atoms with van der Waals surface area (Å²) in [5.41, 5.74) is 2.62. The topological polar surface area (TPSA) is 12.5 Å². The van der Waals surface area contributed by atoms with Crippen molar-refractivity contribution in [2.75, 3.05) is 19.7 Å². The van der Waals surface area contributed by atoms with Gasteiger partial charge in [-0.3, -0.25) is 4.90 Å². The Morgan fingerprint density at radius 1 is 1.04 bits per heavy atom. The molecule has 1 atom stereocenters. The SMILES string of the molecule is CC=C(OCC1CCN(C(CC)c2ccccc2)CC1)c1ccccc1. The van der Waals surface area contributed by atoms with Crippen LogP contribution in [0, 0.1) is 5.92 Å². The lowest BCUT2D eigenvalue weighted by Gasteiger charge is -2.37. The van der Waals surface area contributed by atoms with Gasteiger partial charge in [0.05, 0.1) is 6.61 Å². The van der Waals surface area contributed by atoms with Gasteiger partial charge in [0.25, 0.3) is 0 Å². The van der Waals surface area contributed by atoms with Gasteiger partial charge in [-0.1, -0.05) is 67.6 Å². The van der Waals surface area contributed by atoms with Crippen molar-refractivity contribution in [2.24, 2.45) is 5.92 Å². The molecule has 0 spiro atoms. The van der Waals surface area contributed by atoms with Gasteiger partial charge in [-0.05, 0) is 56.8 Å². The Labute approximate surface area is 158 Å². The predicted octanol–water partition coefficient (Wildman–Crippen LogP) is 5.93. The molecule has 0 N–H and O–H groups in total. The molecule has 2 nitrogen and oxygen atoms in total. The first-order valence-corrected chi connectivity index (χ1v) is 9.95. The first kappa shape index (κ1) is 18.7. The Morgan fingerprint density at radius 2 is 1.65 bits per heavy atom. The van der Waals surface area contributed by atoms with E-state index in [0.717, 1.165) is 25.5 Å². The second kappa shape index (κ2) is 9.59. The van der Waals surface area contributed by atoms with Crippen LogP contribution >= 0.6 is 0 Å². The molecule has 0 bridgehead atoms. The average molecular weight is 350 g/mol. The smallest absolute Gasteiger partial charge is 0.122 e. The molecule has 2 aromatic rings. The molecule has 0 aliphatic carbocycles. The Morgan fingerprint density at radius 3 is 2.23 bits per heavy atom. The van der Waals surface area contributed by atoms with Crippen LogP contribution in [0.3, 0.4) is 0 Å². The summed E-state index contributed by atoms with van der Waals surface area (Å²) < 4.78 is 6.17. The van der Waals surface area contributed by atoms with Gasteiger partial charge in [-0.15, -0.1) is 0 Å². The molecule has 26 heavy (non-hydrogen) atoms. The molecule has 2 aromatic carbocycles. The summed E-state index contributed by atoms with van der Waals surface area (Å²) in [6, 6.07) is 21.9. The summed E-state index contributed by atoms with van der Waals surface area (Å²) >= 11 is 0. The van der Waals surface area contributed by atoms with Gasteiger partial charge >= 0.3 is 0 Å². The molecule has 0 radical (unpaired) electrons. The number of nitrogens with zero attached hydrogens (tertiary/aromatic N) is 1. The van der Waals surface area contributed by atoms with E-state index >= 15 is 0 Å². The van der Waals surface area contributed by atoms with E-state index in [1.54, 1.807) is 0 Å². The van der Waals surface area contributed by atoms with E-state index in [1.807, 2.05) is 6.07 Å². The van der Waals surface area contributed by atoms with Gasteiger partial charge in [0.15, 0.2) is 0 Å². The Hall–Kier alpha value is -2.06. The maximum atomic E-state index is 6.17. The minimum atomic E-state index is 0.550. The van der Waals surface area contributed by atoms with Crippen molar-refractivity contribution in [3.05, 3.63) is 77.9 Å². The zero-order valence-corrected chi connectivity index (χ0v) is 16.1. The fraction of sp³-hybridized carbons (Fsp3) is 0.417. The van der Waals surface area contributed by atoms with Crippen LogP contribution in [0.4, 0.5) is 0 Å². The zero-order chi connectivity index (χ0) is 18.2. The molecule has 0 aromatic heterocycles. The predicted molar refractivity (Wildman–Crippen MR) is 110 cm³/mol. The Kier molecular flexibility index (Phi) is 6.90. The number of ether oxygens (including phenoxy) is 1. The molecule has 138 valence electrons. The number of hydrogen-bond acceptors (Lipinski definition) is 2. The highest BCUT2D eigenvalue weighted by atomic mass is 16.5. The lowest BCUT2D eigenvalue weighted by molar-refractivity contribution is 0.0970. The number of hydrogen-bond donors (Lipinski definition) is 0. The van der Waals surface area contributed by atoms with E-state index in [-0.39, 0.29) is 0 Å². The summed E-state index contributed by atoms with van der Waals surface area (Å²) in [5, 5.41) is 0. The molecule has 1 saturated heterocycles. The van der Waals surface area contributed by atoms with Crippen molar-refractivity contribution in [1.29, 1.82) is 0 Å². The molecule has 0 saturated carbocycles. The third kappa shape index (κ3) is 4.76. The molecule has 1 heterocycles. The van der Waals surface area contributed by atoms with Gasteiger partial charge in [0.2, 0.25) is 0 Å². The Bertz CT molecular complexity index is 672. The molecule has 1 fully saturated rings. The molecular formula is C24H31NO. The van der Waals surface area contributed by atoms with E-state index in [2.05, 4.69) is 79.4 Å². The van der Waals surface area contributed by atoms with Crippen LogP contribution in [0.2, 0.25) is 0 Å². The summed E-state index contributed by atoms with van der Waals surface area (Å²) in [6.45, 7) is 7.50. The van der Waals surface area contributed by atoms with Crippen molar-refractivity contribution in [1.82, 2.24) is 4.90 Å². The summed E-state index contributed by atoms with van der Waals surface area (Å²) in [6.07, 6.45) is 5.68. The van der Waals surface area contributed by atoms with Gasteiger partial charge < -0.3 is 4.74 Å². The van der Waals surface area contributed by atoms with E-state index < -0.39 is 0 Å².